The first-order valence-electron chi connectivity index (χ1n) is 3.43. The van der Waals surface area contributed by atoms with Gasteiger partial charge in [0.1, 0.15) is 10.9 Å². The van der Waals surface area contributed by atoms with Crippen LogP contribution in [-0.2, 0) is 6.54 Å². The van der Waals surface area contributed by atoms with E-state index >= 15 is 0 Å². The maximum atomic E-state index is 5.78. The zero-order chi connectivity index (χ0) is 7.84. The minimum Gasteiger partial charge on any atom is -0.266 e. The van der Waals surface area contributed by atoms with Crippen LogP contribution in [0.1, 0.15) is 16.8 Å². The Kier molecular flexibility index (Phi) is 1.43. The molecule has 0 radical (unpaired) electrons. The predicted octanol–water partition coefficient (Wildman–Crippen LogP) is 1.89. The molecule has 0 spiro atoms. The molecule has 2 rings (SSSR count). The Balaban J connectivity index is 2.58. The Morgan fingerprint density at radius 2 is 2.36 bits per heavy atom. The number of rotatable bonds is 0. The van der Waals surface area contributed by atoms with E-state index in [-0.39, 0.29) is 0 Å². The van der Waals surface area contributed by atoms with Gasteiger partial charge in [0.05, 0.1) is 6.54 Å². The molecule has 1 aromatic rings. The van der Waals surface area contributed by atoms with E-state index in [4.69, 9.17) is 11.6 Å². The molecule has 0 fully saturated rings. The SMILES string of the molecule is Cc1cnc2c(c1)CN=C2Cl. The number of aromatic nitrogens is 1. The van der Waals surface area contributed by atoms with Gasteiger partial charge in [0.15, 0.2) is 0 Å². The van der Waals surface area contributed by atoms with Crippen LogP contribution in [0.5, 0.6) is 0 Å². The van der Waals surface area contributed by atoms with Crippen molar-refractivity contribution in [2.24, 2.45) is 4.99 Å². The molecule has 3 heteroatoms. The maximum absolute atomic E-state index is 5.78. The summed E-state index contributed by atoms with van der Waals surface area (Å²) in [6, 6.07) is 2.07. The topological polar surface area (TPSA) is 25.2 Å². The van der Waals surface area contributed by atoms with Crippen LogP contribution in [0.15, 0.2) is 17.3 Å². The number of aliphatic imine (C=N–C) groups is 1. The van der Waals surface area contributed by atoms with Crippen molar-refractivity contribution in [3.8, 4) is 0 Å². The van der Waals surface area contributed by atoms with E-state index in [0.717, 1.165) is 16.8 Å². The summed E-state index contributed by atoms with van der Waals surface area (Å²) in [5.74, 6) is 0. The van der Waals surface area contributed by atoms with E-state index in [2.05, 4.69) is 16.0 Å². The lowest BCUT2D eigenvalue weighted by molar-refractivity contribution is 1.08. The van der Waals surface area contributed by atoms with Crippen LogP contribution in [0.4, 0.5) is 0 Å². The highest BCUT2D eigenvalue weighted by Crippen LogP contribution is 2.18. The average Bonchev–Trinajstić information content (AvgIpc) is 2.32. The molecular weight excluding hydrogens is 160 g/mol. The molecule has 1 aromatic heterocycles. The summed E-state index contributed by atoms with van der Waals surface area (Å²) in [7, 11) is 0. The highest BCUT2D eigenvalue weighted by atomic mass is 35.5. The van der Waals surface area contributed by atoms with Crippen LogP contribution >= 0.6 is 11.6 Å². The molecule has 0 aromatic carbocycles. The van der Waals surface area contributed by atoms with Crippen LogP contribution < -0.4 is 0 Å². The molecule has 0 saturated carbocycles. The Labute approximate surface area is 69.9 Å². The summed E-state index contributed by atoms with van der Waals surface area (Å²) in [5.41, 5.74) is 3.14. The molecule has 0 bridgehead atoms. The first-order valence-corrected chi connectivity index (χ1v) is 3.81. The second-order valence-electron chi connectivity index (χ2n) is 2.63. The van der Waals surface area contributed by atoms with E-state index in [1.54, 1.807) is 0 Å². The van der Waals surface area contributed by atoms with Gasteiger partial charge in [0.25, 0.3) is 0 Å². The van der Waals surface area contributed by atoms with Crippen molar-refractivity contribution < 1.29 is 0 Å². The molecule has 0 aliphatic carbocycles. The lowest BCUT2D eigenvalue weighted by Crippen LogP contribution is -1.94. The maximum Gasteiger partial charge on any atom is 0.150 e. The Morgan fingerprint density at radius 1 is 1.55 bits per heavy atom. The molecular formula is C8H7ClN2. The number of fused-ring (bicyclic) bond motifs is 1. The van der Waals surface area contributed by atoms with Crippen molar-refractivity contribution in [3.63, 3.8) is 0 Å². The zero-order valence-electron chi connectivity index (χ0n) is 6.13. The number of hydrogen-bond acceptors (Lipinski definition) is 2. The van der Waals surface area contributed by atoms with E-state index in [0.29, 0.717) is 11.7 Å². The first-order chi connectivity index (χ1) is 5.27. The van der Waals surface area contributed by atoms with E-state index in [9.17, 15) is 0 Å². The summed E-state index contributed by atoms with van der Waals surface area (Å²) >= 11 is 5.78. The zero-order valence-corrected chi connectivity index (χ0v) is 6.89. The first kappa shape index (κ1) is 6.80. The van der Waals surface area contributed by atoms with E-state index < -0.39 is 0 Å². The van der Waals surface area contributed by atoms with Crippen molar-refractivity contribution >= 4 is 16.8 Å². The van der Waals surface area contributed by atoms with Gasteiger partial charge in [-0.15, -0.1) is 0 Å². The van der Waals surface area contributed by atoms with Gasteiger partial charge in [-0.3, -0.25) is 9.98 Å². The van der Waals surface area contributed by atoms with Crippen LogP contribution in [0.2, 0.25) is 0 Å². The number of pyridine rings is 1. The molecule has 2 nitrogen and oxygen atoms in total. The minimum absolute atomic E-state index is 0.542. The summed E-state index contributed by atoms with van der Waals surface area (Å²) < 4.78 is 0. The molecule has 1 aliphatic heterocycles. The van der Waals surface area contributed by atoms with Crippen molar-refractivity contribution in [2.75, 3.05) is 0 Å². The highest BCUT2D eigenvalue weighted by molar-refractivity contribution is 6.69. The summed E-state index contributed by atoms with van der Waals surface area (Å²) in [6.45, 7) is 2.70. The fourth-order valence-electron chi connectivity index (χ4n) is 1.17. The fraction of sp³-hybridized carbons (Fsp3) is 0.250. The van der Waals surface area contributed by atoms with Gasteiger partial charge >= 0.3 is 0 Å². The van der Waals surface area contributed by atoms with Crippen LogP contribution in [0, 0.1) is 6.92 Å². The van der Waals surface area contributed by atoms with Gasteiger partial charge in [-0.2, -0.15) is 0 Å². The molecule has 11 heavy (non-hydrogen) atoms. The quantitative estimate of drug-likeness (QED) is 0.578. The lowest BCUT2D eigenvalue weighted by Gasteiger charge is -1.97. The van der Waals surface area contributed by atoms with Gasteiger partial charge in [0, 0.05) is 11.8 Å². The van der Waals surface area contributed by atoms with E-state index in [1.807, 2.05) is 13.1 Å². The summed E-state index contributed by atoms with van der Waals surface area (Å²) in [6.07, 6.45) is 1.81. The Bertz CT molecular complexity index is 331. The molecule has 2 heterocycles. The molecule has 0 amide bonds. The summed E-state index contributed by atoms with van der Waals surface area (Å²) in [5, 5.41) is 0.542. The van der Waals surface area contributed by atoms with Crippen molar-refractivity contribution in [2.45, 2.75) is 13.5 Å². The van der Waals surface area contributed by atoms with Crippen molar-refractivity contribution in [1.29, 1.82) is 0 Å². The monoisotopic (exact) mass is 166 g/mol. The largest absolute Gasteiger partial charge is 0.266 e. The van der Waals surface area contributed by atoms with Crippen LogP contribution in [-0.4, -0.2) is 10.2 Å². The Morgan fingerprint density at radius 3 is 3.18 bits per heavy atom. The van der Waals surface area contributed by atoms with Crippen LogP contribution in [0.25, 0.3) is 0 Å². The normalized spacial score (nSPS) is 14.5. The number of aryl methyl sites for hydroxylation is 1. The van der Waals surface area contributed by atoms with Gasteiger partial charge < -0.3 is 0 Å². The Hall–Kier alpha value is -0.890. The number of hydrogen-bond donors (Lipinski definition) is 0. The minimum atomic E-state index is 0.542. The van der Waals surface area contributed by atoms with Crippen molar-refractivity contribution in [1.82, 2.24) is 4.98 Å². The van der Waals surface area contributed by atoms with Gasteiger partial charge in [-0.05, 0) is 12.5 Å². The van der Waals surface area contributed by atoms with Gasteiger partial charge in [0.2, 0.25) is 0 Å². The van der Waals surface area contributed by atoms with E-state index in [1.165, 1.54) is 0 Å². The lowest BCUT2D eigenvalue weighted by atomic mass is 10.2. The third kappa shape index (κ3) is 1.03. The number of nitrogens with zero attached hydrogens (tertiary/aromatic N) is 2. The van der Waals surface area contributed by atoms with Crippen LogP contribution in [0.3, 0.4) is 0 Å². The third-order valence-electron chi connectivity index (χ3n) is 1.69. The third-order valence-corrected chi connectivity index (χ3v) is 1.99. The second kappa shape index (κ2) is 2.31. The second-order valence-corrected chi connectivity index (χ2v) is 2.99. The molecule has 0 unspecified atom stereocenters. The molecule has 0 atom stereocenters. The van der Waals surface area contributed by atoms with Gasteiger partial charge in [-0.1, -0.05) is 17.7 Å². The summed E-state index contributed by atoms with van der Waals surface area (Å²) in [4.78, 5) is 8.24. The van der Waals surface area contributed by atoms with Crippen molar-refractivity contribution in [3.05, 3.63) is 29.1 Å². The average molecular weight is 167 g/mol. The molecule has 56 valence electrons. The molecule has 0 saturated heterocycles. The fourth-order valence-corrected chi connectivity index (χ4v) is 1.40. The standard InChI is InChI=1S/C8H7ClN2/c1-5-2-6-4-11-8(9)7(6)10-3-5/h2-3H,4H2,1H3. The predicted molar refractivity (Wildman–Crippen MR) is 45.1 cm³/mol. The highest BCUT2D eigenvalue weighted by Gasteiger charge is 2.14. The smallest absolute Gasteiger partial charge is 0.150 e. The van der Waals surface area contributed by atoms with Gasteiger partial charge in [-0.25, -0.2) is 0 Å². The number of halogens is 1. The molecule has 0 N–H and O–H groups in total. The molecule has 1 aliphatic rings.